The van der Waals surface area contributed by atoms with Crippen molar-refractivity contribution in [1.29, 1.82) is 0 Å². The molecule has 0 saturated carbocycles. The van der Waals surface area contributed by atoms with E-state index in [-0.39, 0.29) is 11.9 Å². The molecule has 1 aliphatic rings. The summed E-state index contributed by atoms with van der Waals surface area (Å²) in [5, 5.41) is 3.20. The fourth-order valence-corrected chi connectivity index (χ4v) is 2.85. The molecule has 1 fully saturated rings. The Morgan fingerprint density at radius 1 is 1.40 bits per heavy atom. The third-order valence-electron chi connectivity index (χ3n) is 4.08. The van der Waals surface area contributed by atoms with Crippen LogP contribution in [-0.4, -0.2) is 32.8 Å². The van der Waals surface area contributed by atoms with Gasteiger partial charge in [0.1, 0.15) is 5.82 Å². The van der Waals surface area contributed by atoms with Gasteiger partial charge in [-0.15, -0.1) is 0 Å². The first-order chi connectivity index (χ1) is 9.67. The molecule has 20 heavy (non-hydrogen) atoms. The van der Waals surface area contributed by atoms with E-state index in [1.807, 2.05) is 20.0 Å². The van der Waals surface area contributed by atoms with Gasteiger partial charge in [0.05, 0.1) is 11.8 Å². The van der Waals surface area contributed by atoms with E-state index in [1.54, 1.807) is 12.1 Å². The third-order valence-corrected chi connectivity index (χ3v) is 4.08. The summed E-state index contributed by atoms with van der Waals surface area (Å²) in [6.07, 6.45) is 2.26. The average molecular weight is 280 g/mol. The number of benzene rings is 1. The predicted molar refractivity (Wildman–Crippen MR) is 80.7 cm³/mol. The maximum absolute atomic E-state index is 14.3. The summed E-state index contributed by atoms with van der Waals surface area (Å²) in [5.74, 6) is -0.126. The van der Waals surface area contributed by atoms with Crippen LogP contribution in [0.2, 0.25) is 0 Å². The second kappa shape index (κ2) is 7.04. The molecule has 0 bridgehead atoms. The van der Waals surface area contributed by atoms with Crippen molar-refractivity contribution in [3.8, 4) is 0 Å². The van der Waals surface area contributed by atoms with Crippen LogP contribution in [0.25, 0.3) is 0 Å². The molecule has 4 heteroatoms. The number of hydrogen-bond donors (Lipinski definition) is 1. The maximum Gasteiger partial charge on any atom is 0.146 e. The van der Waals surface area contributed by atoms with E-state index in [1.165, 1.54) is 0 Å². The number of hydrogen-bond acceptors (Lipinski definition) is 3. The lowest BCUT2D eigenvalue weighted by atomic mass is 10.0. The number of para-hydroxylation sites is 1. The van der Waals surface area contributed by atoms with Crippen LogP contribution in [0.1, 0.15) is 38.3 Å². The van der Waals surface area contributed by atoms with Gasteiger partial charge in [0.2, 0.25) is 0 Å². The first kappa shape index (κ1) is 15.3. The molecule has 1 aliphatic heterocycles. The Kier molecular flexibility index (Phi) is 5.38. The number of anilines is 1. The van der Waals surface area contributed by atoms with Gasteiger partial charge in [-0.25, -0.2) is 4.39 Å². The van der Waals surface area contributed by atoms with Crippen LogP contribution in [0.3, 0.4) is 0 Å². The molecular weight excluding hydrogens is 255 g/mol. The first-order valence-corrected chi connectivity index (χ1v) is 7.49. The van der Waals surface area contributed by atoms with Gasteiger partial charge in [-0.05, 0) is 45.4 Å². The molecule has 112 valence electrons. The highest BCUT2D eigenvalue weighted by atomic mass is 19.1. The van der Waals surface area contributed by atoms with Crippen LogP contribution in [0.5, 0.6) is 0 Å². The average Bonchev–Trinajstić information content (AvgIpc) is 2.47. The lowest BCUT2D eigenvalue weighted by Crippen LogP contribution is -2.38. The van der Waals surface area contributed by atoms with E-state index in [0.717, 1.165) is 43.8 Å². The summed E-state index contributed by atoms with van der Waals surface area (Å²) >= 11 is 0. The standard InChI is InChI=1S/C16H25FN2O/c1-4-20-13-8-10-19(11-9-13)16-14(12(2)18-3)6-5-7-15(16)17/h5-7,12-13,18H,4,8-11H2,1-3H3. The van der Waals surface area contributed by atoms with E-state index in [2.05, 4.69) is 17.1 Å². The molecule has 1 heterocycles. The Bertz CT molecular complexity index is 430. The number of rotatable bonds is 5. The highest BCUT2D eigenvalue weighted by Gasteiger charge is 2.24. The van der Waals surface area contributed by atoms with Gasteiger partial charge in [0, 0.05) is 25.7 Å². The van der Waals surface area contributed by atoms with Crippen LogP contribution in [0.15, 0.2) is 18.2 Å². The van der Waals surface area contributed by atoms with Crippen molar-refractivity contribution in [2.75, 3.05) is 31.6 Å². The van der Waals surface area contributed by atoms with Crippen molar-refractivity contribution in [2.45, 2.75) is 38.8 Å². The first-order valence-electron chi connectivity index (χ1n) is 7.49. The highest BCUT2D eigenvalue weighted by molar-refractivity contribution is 5.56. The van der Waals surface area contributed by atoms with Crippen molar-refractivity contribution in [3.05, 3.63) is 29.6 Å². The quantitative estimate of drug-likeness (QED) is 0.897. The van der Waals surface area contributed by atoms with Crippen molar-refractivity contribution in [2.24, 2.45) is 0 Å². The third kappa shape index (κ3) is 3.30. The van der Waals surface area contributed by atoms with Crippen LogP contribution in [0.4, 0.5) is 10.1 Å². The topological polar surface area (TPSA) is 24.5 Å². The van der Waals surface area contributed by atoms with Gasteiger partial charge in [-0.3, -0.25) is 0 Å². The van der Waals surface area contributed by atoms with Crippen LogP contribution >= 0.6 is 0 Å². The molecule has 1 saturated heterocycles. The van der Waals surface area contributed by atoms with E-state index >= 15 is 0 Å². The zero-order valence-electron chi connectivity index (χ0n) is 12.7. The fraction of sp³-hybridized carbons (Fsp3) is 0.625. The Morgan fingerprint density at radius 3 is 2.70 bits per heavy atom. The van der Waals surface area contributed by atoms with Crippen LogP contribution in [0, 0.1) is 5.82 Å². The number of nitrogens with zero attached hydrogens (tertiary/aromatic N) is 1. The van der Waals surface area contributed by atoms with Gasteiger partial charge in [0.15, 0.2) is 0 Å². The van der Waals surface area contributed by atoms with E-state index < -0.39 is 0 Å². The summed E-state index contributed by atoms with van der Waals surface area (Å²) in [4.78, 5) is 2.16. The summed E-state index contributed by atoms with van der Waals surface area (Å²) in [6, 6.07) is 5.49. The van der Waals surface area contributed by atoms with E-state index in [9.17, 15) is 4.39 Å². The molecule has 0 aromatic heterocycles. The number of ether oxygens (including phenoxy) is 1. The zero-order valence-corrected chi connectivity index (χ0v) is 12.7. The molecule has 1 N–H and O–H groups in total. The second-order valence-corrected chi connectivity index (χ2v) is 5.33. The largest absolute Gasteiger partial charge is 0.378 e. The molecule has 1 atom stereocenters. The van der Waals surface area contributed by atoms with Gasteiger partial charge < -0.3 is 15.0 Å². The zero-order chi connectivity index (χ0) is 14.5. The van der Waals surface area contributed by atoms with Crippen molar-refractivity contribution < 1.29 is 9.13 Å². The predicted octanol–water partition coefficient (Wildman–Crippen LogP) is 3.11. The van der Waals surface area contributed by atoms with Gasteiger partial charge >= 0.3 is 0 Å². The van der Waals surface area contributed by atoms with E-state index in [0.29, 0.717) is 6.10 Å². The van der Waals surface area contributed by atoms with Crippen molar-refractivity contribution in [1.82, 2.24) is 5.32 Å². The normalized spacial score (nSPS) is 18.3. The Hall–Kier alpha value is -1.13. The SMILES string of the molecule is CCOC1CCN(c2c(F)cccc2C(C)NC)CC1. The van der Waals surface area contributed by atoms with Crippen LogP contribution < -0.4 is 10.2 Å². The summed E-state index contributed by atoms with van der Waals surface area (Å²) in [7, 11) is 1.90. The molecule has 3 nitrogen and oxygen atoms in total. The molecular formula is C16H25FN2O. The van der Waals surface area contributed by atoms with Crippen molar-refractivity contribution >= 4 is 5.69 Å². The molecule has 0 radical (unpaired) electrons. The Morgan fingerprint density at radius 2 is 2.10 bits per heavy atom. The molecule has 1 aromatic carbocycles. The molecule has 0 amide bonds. The molecule has 1 aromatic rings. The number of piperidine rings is 1. The summed E-state index contributed by atoms with van der Waals surface area (Å²) in [6.45, 7) is 6.55. The monoisotopic (exact) mass is 280 g/mol. The number of halogens is 1. The van der Waals surface area contributed by atoms with E-state index in [4.69, 9.17) is 4.74 Å². The van der Waals surface area contributed by atoms with Gasteiger partial charge in [-0.2, -0.15) is 0 Å². The number of nitrogens with one attached hydrogen (secondary N) is 1. The fourth-order valence-electron chi connectivity index (χ4n) is 2.85. The highest BCUT2D eigenvalue weighted by Crippen LogP contribution is 2.31. The minimum absolute atomic E-state index is 0.126. The van der Waals surface area contributed by atoms with Gasteiger partial charge in [0.25, 0.3) is 0 Å². The maximum atomic E-state index is 14.3. The Labute approximate surface area is 121 Å². The lowest BCUT2D eigenvalue weighted by molar-refractivity contribution is 0.0458. The second-order valence-electron chi connectivity index (χ2n) is 5.33. The van der Waals surface area contributed by atoms with Crippen molar-refractivity contribution in [3.63, 3.8) is 0 Å². The van der Waals surface area contributed by atoms with Gasteiger partial charge in [-0.1, -0.05) is 12.1 Å². The molecule has 0 aliphatic carbocycles. The summed E-state index contributed by atoms with van der Waals surface area (Å²) in [5.41, 5.74) is 1.78. The smallest absolute Gasteiger partial charge is 0.146 e. The minimum atomic E-state index is -0.126. The Balaban J connectivity index is 2.16. The minimum Gasteiger partial charge on any atom is -0.378 e. The molecule has 2 rings (SSSR count). The lowest BCUT2D eigenvalue weighted by Gasteiger charge is -2.35. The van der Waals surface area contributed by atoms with Crippen LogP contribution in [-0.2, 0) is 4.74 Å². The molecule has 0 spiro atoms. The summed E-state index contributed by atoms with van der Waals surface area (Å²) < 4.78 is 19.9. The molecule has 1 unspecified atom stereocenters.